The number of carbonyl (C=O) groups excluding carboxylic acids is 2. The van der Waals surface area contributed by atoms with E-state index in [2.05, 4.69) is 5.32 Å². The molecule has 10 nitrogen and oxygen atoms in total. The number of nitrogens with zero attached hydrogens (tertiary/aromatic N) is 2. The lowest BCUT2D eigenvalue weighted by atomic mass is 9.90. The second-order valence-electron chi connectivity index (χ2n) is 8.54. The number of esters is 1. The van der Waals surface area contributed by atoms with E-state index in [4.69, 9.17) is 9.47 Å². The maximum absolute atomic E-state index is 13.8. The monoisotopic (exact) mass is 593 g/mol. The molecule has 1 fully saturated rings. The van der Waals surface area contributed by atoms with Crippen molar-refractivity contribution in [1.82, 2.24) is 9.62 Å². The van der Waals surface area contributed by atoms with Crippen molar-refractivity contribution in [2.75, 3.05) is 26.0 Å². The first-order chi connectivity index (χ1) is 19.1. The molecular formula is C26H25F2N3O7S2. The van der Waals surface area contributed by atoms with Crippen LogP contribution < -0.4 is 10.0 Å². The predicted octanol–water partition coefficient (Wildman–Crippen LogP) is 2.47. The molecule has 0 radical (unpaired) electrons. The van der Waals surface area contributed by atoms with Gasteiger partial charge >= 0.3 is 12.6 Å². The summed E-state index contributed by atoms with van der Waals surface area (Å²) in [7, 11) is -2.85. The molecule has 0 bridgehead atoms. The number of alkyl halides is 2. The molecule has 2 atom stereocenters. The van der Waals surface area contributed by atoms with Gasteiger partial charge in [-0.25, -0.2) is 13.2 Å². The van der Waals surface area contributed by atoms with Crippen LogP contribution in [0.4, 0.5) is 8.78 Å². The lowest BCUT2D eigenvalue weighted by Gasteiger charge is -2.32. The van der Waals surface area contributed by atoms with Crippen molar-refractivity contribution in [1.29, 1.82) is 0 Å². The van der Waals surface area contributed by atoms with Gasteiger partial charge in [-0.3, -0.25) is 9.53 Å². The molecule has 1 aromatic heterocycles. The number of sulfonamides is 1. The lowest BCUT2D eigenvalue weighted by molar-refractivity contribution is -0.623. The maximum Gasteiger partial charge on any atom is 0.346 e. The number of ether oxygens (including phenoxy) is 2. The molecule has 1 amide bonds. The van der Waals surface area contributed by atoms with Crippen molar-refractivity contribution < 1.29 is 41.0 Å². The van der Waals surface area contributed by atoms with Gasteiger partial charge in [-0.15, -0.1) is 11.8 Å². The van der Waals surface area contributed by atoms with Crippen LogP contribution in [0.5, 0.6) is 0 Å². The van der Waals surface area contributed by atoms with Crippen LogP contribution in [0.1, 0.15) is 21.6 Å². The third-order valence-corrected chi connectivity index (χ3v) is 9.34. The van der Waals surface area contributed by atoms with E-state index in [9.17, 15) is 32.0 Å². The van der Waals surface area contributed by atoms with Crippen LogP contribution >= 0.6 is 11.8 Å². The van der Waals surface area contributed by atoms with E-state index in [0.717, 1.165) is 22.3 Å². The van der Waals surface area contributed by atoms with Crippen LogP contribution in [-0.4, -0.2) is 62.5 Å². The molecule has 1 aliphatic rings. The Morgan fingerprint density at radius 3 is 2.55 bits per heavy atom. The van der Waals surface area contributed by atoms with Gasteiger partial charge in [-0.2, -0.15) is 17.8 Å². The number of rotatable bonds is 10. The number of carbonyl (C=O) groups is 2. The summed E-state index contributed by atoms with van der Waals surface area (Å²) >= 11 is 0.991. The summed E-state index contributed by atoms with van der Waals surface area (Å²) in [6.45, 7) is -4.23. The smallest absolute Gasteiger partial charge is 0.346 e. The van der Waals surface area contributed by atoms with E-state index in [0.29, 0.717) is 4.73 Å². The van der Waals surface area contributed by atoms with Crippen molar-refractivity contribution >= 4 is 33.7 Å². The standard InChI is InChI=1S/C26H25F2N3O7S2/c1-29-22(32)18-8-7-11-20(16-18)40(35,36)31-14-15-39-23(31)24(33)37-17-26(38-25(27)28,19-9-3-2-4-10-19)21-12-5-6-13-30(21)34/h2-13,16,23,25H,14-15,17H2,1H3,(H,29,32). The van der Waals surface area contributed by atoms with Crippen LogP contribution in [0.3, 0.4) is 0 Å². The van der Waals surface area contributed by atoms with E-state index in [1.807, 2.05) is 0 Å². The van der Waals surface area contributed by atoms with Crippen LogP contribution in [0.15, 0.2) is 83.9 Å². The van der Waals surface area contributed by atoms with Crippen molar-refractivity contribution in [3.05, 3.63) is 101 Å². The Morgan fingerprint density at radius 1 is 1.15 bits per heavy atom. The minimum Gasteiger partial charge on any atom is -0.618 e. The molecule has 4 rings (SSSR count). The first-order valence-corrected chi connectivity index (χ1v) is 14.4. The zero-order chi connectivity index (χ0) is 28.9. The topological polar surface area (TPSA) is 129 Å². The van der Waals surface area contributed by atoms with Gasteiger partial charge in [0.05, 0.1) is 4.90 Å². The first kappa shape index (κ1) is 29.4. The Balaban J connectivity index is 1.65. The molecule has 40 heavy (non-hydrogen) atoms. The largest absolute Gasteiger partial charge is 0.618 e. The zero-order valence-corrected chi connectivity index (χ0v) is 22.7. The number of hydrogen-bond donors (Lipinski definition) is 1. The summed E-state index contributed by atoms with van der Waals surface area (Å²) in [5.74, 6) is -1.26. The summed E-state index contributed by atoms with van der Waals surface area (Å²) < 4.78 is 66.2. The Kier molecular flexibility index (Phi) is 9.03. The number of nitrogens with one attached hydrogen (secondary N) is 1. The SMILES string of the molecule is CNC(=O)c1cccc(S(=O)(=O)N2CCSC2C(=O)OCC(OC(F)F)(c2ccccc2)c2cccc[n+]2[O-])c1. The number of thioether (sulfide) groups is 1. The molecule has 0 saturated carbocycles. The van der Waals surface area contributed by atoms with Crippen LogP contribution in [0, 0.1) is 5.21 Å². The summed E-state index contributed by atoms with van der Waals surface area (Å²) in [5, 5.41) is 13.8. The molecule has 1 N–H and O–H groups in total. The molecule has 0 spiro atoms. The third kappa shape index (κ3) is 5.94. The number of halogens is 2. The normalized spacial score (nSPS) is 17.4. The maximum atomic E-state index is 13.8. The molecule has 212 valence electrons. The van der Waals surface area contributed by atoms with Gasteiger partial charge in [0.15, 0.2) is 11.6 Å². The minimum atomic E-state index is -4.25. The van der Waals surface area contributed by atoms with Crippen molar-refractivity contribution in [2.45, 2.75) is 22.5 Å². The number of hydrogen-bond acceptors (Lipinski definition) is 8. The molecule has 14 heteroatoms. The summed E-state index contributed by atoms with van der Waals surface area (Å²) in [6, 6.07) is 17.1. The van der Waals surface area contributed by atoms with Gasteiger partial charge in [-0.1, -0.05) is 36.4 Å². The van der Waals surface area contributed by atoms with E-state index in [1.54, 1.807) is 18.2 Å². The highest BCUT2D eigenvalue weighted by molar-refractivity contribution is 8.02. The Labute approximate surface area is 233 Å². The fraction of sp³-hybridized carbons (Fsp3) is 0.269. The van der Waals surface area contributed by atoms with Gasteiger partial charge in [0, 0.05) is 37.0 Å². The lowest BCUT2D eigenvalue weighted by Crippen LogP contribution is -2.49. The Bertz CT molecular complexity index is 1480. The second-order valence-corrected chi connectivity index (χ2v) is 11.6. The average Bonchev–Trinajstić information content (AvgIpc) is 3.47. The molecule has 2 aromatic carbocycles. The van der Waals surface area contributed by atoms with Crippen molar-refractivity contribution in [2.24, 2.45) is 0 Å². The number of amides is 1. The second kappa shape index (κ2) is 12.3. The predicted molar refractivity (Wildman–Crippen MR) is 141 cm³/mol. The van der Waals surface area contributed by atoms with Gasteiger partial charge < -0.3 is 15.3 Å². The third-order valence-electron chi connectivity index (χ3n) is 6.17. The summed E-state index contributed by atoms with van der Waals surface area (Å²) in [5.41, 5.74) is -2.24. The summed E-state index contributed by atoms with van der Waals surface area (Å²) in [6.07, 6.45) is 1.09. The quantitative estimate of drug-likeness (QED) is 0.216. The van der Waals surface area contributed by atoms with Crippen LogP contribution in [-0.2, 0) is 29.9 Å². The van der Waals surface area contributed by atoms with Crippen molar-refractivity contribution in [3.63, 3.8) is 0 Å². The molecule has 1 saturated heterocycles. The molecular weight excluding hydrogens is 568 g/mol. The fourth-order valence-corrected chi connectivity index (χ4v) is 7.38. The number of pyridine rings is 1. The minimum absolute atomic E-state index is 0.0342. The molecule has 1 aliphatic heterocycles. The van der Waals surface area contributed by atoms with Crippen LogP contribution in [0.25, 0.3) is 0 Å². The van der Waals surface area contributed by atoms with Crippen LogP contribution in [0.2, 0.25) is 0 Å². The Morgan fingerprint density at radius 2 is 1.88 bits per heavy atom. The molecule has 3 aromatic rings. The zero-order valence-electron chi connectivity index (χ0n) is 21.1. The highest BCUT2D eigenvalue weighted by Crippen LogP contribution is 2.36. The molecule has 2 heterocycles. The van der Waals surface area contributed by atoms with Gasteiger partial charge in [0.25, 0.3) is 5.91 Å². The van der Waals surface area contributed by atoms with E-state index < -0.39 is 46.1 Å². The average molecular weight is 594 g/mol. The van der Waals surface area contributed by atoms with E-state index in [1.165, 1.54) is 61.6 Å². The van der Waals surface area contributed by atoms with Gasteiger partial charge in [0.2, 0.25) is 21.3 Å². The molecule has 0 aliphatic carbocycles. The summed E-state index contributed by atoms with van der Waals surface area (Å²) in [4.78, 5) is 25.1. The number of aromatic nitrogens is 1. The van der Waals surface area contributed by atoms with Crippen molar-refractivity contribution in [3.8, 4) is 0 Å². The van der Waals surface area contributed by atoms with Gasteiger partial charge in [0.1, 0.15) is 6.61 Å². The fourth-order valence-electron chi connectivity index (χ4n) is 4.28. The van der Waals surface area contributed by atoms with Gasteiger partial charge in [-0.05, 0) is 29.8 Å². The number of benzene rings is 2. The first-order valence-electron chi connectivity index (χ1n) is 11.9. The highest BCUT2D eigenvalue weighted by atomic mass is 32.2. The molecule has 2 unspecified atom stereocenters. The Hall–Kier alpha value is -3.59. The van der Waals surface area contributed by atoms with E-state index >= 15 is 0 Å². The van der Waals surface area contributed by atoms with E-state index in [-0.39, 0.29) is 34.0 Å². The highest BCUT2D eigenvalue weighted by Gasteiger charge is 2.48.